The summed E-state index contributed by atoms with van der Waals surface area (Å²) >= 11 is 5.80. The first kappa shape index (κ1) is 20.4. The monoisotopic (exact) mass is 462 g/mol. The van der Waals surface area contributed by atoms with Gasteiger partial charge in [-0.05, 0) is 71.5 Å². The van der Waals surface area contributed by atoms with Crippen LogP contribution in [-0.4, -0.2) is 19.8 Å². The van der Waals surface area contributed by atoms with Gasteiger partial charge in [-0.2, -0.15) is 0 Å². The predicted molar refractivity (Wildman–Crippen MR) is 139 cm³/mol. The summed E-state index contributed by atoms with van der Waals surface area (Å²) in [4.78, 5) is 6.63. The van der Waals surface area contributed by atoms with Crippen LogP contribution in [-0.2, 0) is 0 Å². The van der Waals surface area contributed by atoms with Crippen molar-refractivity contribution in [3.63, 3.8) is 0 Å². The number of rotatable bonds is 4. The number of pyridine rings is 1. The average molecular weight is 463 g/mol. The number of thiocarbonyl (C=S) groups is 1. The summed E-state index contributed by atoms with van der Waals surface area (Å²) in [5.74, 6) is 0.183. The molecule has 1 fully saturated rings. The van der Waals surface area contributed by atoms with Crippen molar-refractivity contribution in [2.24, 2.45) is 0 Å². The van der Waals surface area contributed by atoms with Gasteiger partial charge in [0.25, 0.3) is 0 Å². The van der Waals surface area contributed by atoms with Crippen LogP contribution in [0.25, 0.3) is 16.5 Å². The molecule has 1 aliphatic heterocycles. The Morgan fingerprint density at radius 2 is 1.62 bits per heavy atom. The first-order valence-electron chi connectivity index (χ1n) is 11.2. The zero-order valence-corrected chi connectivity index (χ0v) is 19.1. The fraction of sp³-hybridized carbons (Fsp3) is 0.0714. The van der Waals surface area contributed by atoms with Crippen LogP contribution >= 0.6 is 12.2 Å². The Kier molecular flexibility index (Phi) is 5.00. The number of phenols is 1. The summed E-state index contributed by atoms with van der Waals surface area (Å²) in [6.07, 6.45) is 3.86. The molecular formula is C28H22N4OS. The Labute approximate surface area is 202 Å². The standard InChI is InChI=1S/C28H22N4OS/c33-25-13-4-3-11-23(25)32-27(26(30-28(32)34)22-10-5-6-16-29-22)24-12-7-17-31(24)21-15-14-19-8-1-2-9-20(19)18-21/h1-18,26-27,33H,(H,30,34)/t26-,27+/m1/s1. The molecule has 1 saturated heterocycles. The van der Waals surface area contributed by atoms with Crippen molar-refractivity contribution in [3.8, 4) is 11.4 Å². The normalized spacial score (nSPS) is 17.8. The zero-order chi connectivity index (χ0) is 23.1. The highest BCUT2D eigenvalue weighted by Crippen LogP contribution is 2.44. The second-order valence-corrected chi connectivity index (χ2v) is 8.71. The summed E-state index contributed by atoms with van der Waals surface area (Å²) < 4.78 is 2.19. The molecule has 2 atom stereocenters. The fourth-order valence-corrected chi connectivity index (χ4v) is 5.12. The molecule has 0 aliphatic carbocycles. The fourth-order valence-electron chi connectivity index (χ4n) is 4.78. The second-order valence-electron chi connectivity index (χ2n) is 8.32. The van der Waals surface area contributed by atoms with Crippen LogP contribution in [0, 0.1) is 0 Å². The summed E-state index contributed by atoms with van der Waals surface area (Å²) in [6, 6.07) is 31.7. The highest BCUT2D eigenvalue weighted by Gasteiger charge is 2.42. The van der Waals surface area contributed by atoms with Crippen molar-refractivity contribution in [2.75, 3.05) is 4.90 Å². The van der Waals surface area contributed by atoms with E-state index in [1.54, 1.807) is 12.3 Å². The minimum Gasteiger partial charge on any atom is -0.506 e. The van der Waals surface area contributed by atoms with Gasteiger partial charge in [-0.15, -0.1) is 0 Å². The Hall–Kier alpha value is -4.16. The summed E-state index contributed by atoms with van der Waals surface area (Å²) in [7, 11) is 0. The summed E-state index contributed by atoms with van der Waals surface area (Å²) in [6.45, 7) is 0. The van der Waals surface area contributed by atoms with E-state index in [-0.39, 0.29) is 17.8 Å². The summed E-state index contributed by atoms with van der Waals surface area (Å²) in [5.41, 5.74) is 3.66. The van der Waals surface area contributed by atoms with Gasteiger partial charge in [0.05, 0.1) is 17.4 Å². The lowest BCUT2D eigenvalue weighted by molar-refractivity contribution is 0.472. The number of hydrogen-bond acceptors (Lipinski definition) is 3. The van der Waals surface area contributed by atoms with Gasteiger partial charge < -0.3 is 19.9 Å². The molecule has 3 heterocycles. The second kappa shape index (κ2) is 8.32. The smallest absolute Gasteiger partial charge is 0.174 e. The maximum atomic E-state index is 10.7. The van der Waals surface area contributed by atoms with E-state index in [2.05, 4.69) is 69.6 Å². The molecule has 0 unspecified atom stereocenters. The minimum atomic E-state index is -0.225. The molecule has 6 heteroatoms. The van der Waals surface area contributed by atoms with E-state index in [0.29, 0.717) is 10.8 Å². The van der Waals surface area contributed by atoms with Gasteiger partial charge in [0.1, 0.15) is 11.8 Å². The molecule has 0 bridgehead atoms. The van der Waals surface area contributed by atoms with E-state index in [9.17, 15) is 5.11 Å². The van der Waals surface area contributed by atoms with Crippen molar-refractivity contribution in [1.29, 1.82) is 0 Å². The van der Waals surface area contributed by atoms with Gasteiger partial charge in [-0.3, -0.25) is 4.98 Å². The molecule has 0 amide bonds. The summed E-state index contributed by atoms with van der Waals surface area (Å²) in [5, 5.41) is 17.1. The maximum absolute atomic E-state index is 10.7. The maximum Gasteiger partial charge on any atom is 0.174 e. The minimum absolute atomic E-state index is 0.183. The van der Waals surface area contributed by atoms with Gasteiger partial charge in [0, 0.05) is 23.8 Å². The van der Waals surface area contributed by atoms with Gasteiger partial charge in [0.2, 0.25) is 0 Å². The van der Waals surface area contributed by atoms with Crippen LogP contribution in [0.15, 0.2) is 109 Å². The zero-order valence-electron chi connectivity index (χ0n) is 18.2. The molecule has 0 radical (unpaired) electrons. The number of aromatic nitrogens is 2. The molecule has 2 aromatic heterocycles. The van der Waals surface area contributed by atoms with Crippen molar-refractivity contribution >= 4 is 33.8 Å². The molecule has 3 aromatic carbocycles. The lowest BCUT2D eigenvalue weighted by Crippen LogP contribution is -2.30. The van der Waals surface area contributed by atoms with Gasteiger partial charge in [0.15, 0.2) is 5.11 Å². The van der Waals surface area contributed by atoms with E-state index < -0.39 is 0 Å². The number of fused-ring (bicyclic) bond motifs is 1. The van der Waals surface area contributed by atoms with Crippen molar-refractivity contribution in [2.45, 2.75) is 12.1 Å². The number of aromatic hydroxyl groups is 1. The highest BCUT2D eigenvalue weighted by atomic mass is 32.1. The number of phenolic OH excluding ortho intramolecular Hbond substituents is 1. The van der Waals surface area contributed by atoms with Gasteiger partial charge >= 0.3 is 0 Å². The number of hydrogen-bond donors (Lipinski definition) is 2. The van der Waals surface area contributed by atoms with Crippen LogP contribution in [0.3, 0.4) is 0 Å². The first-order chi connectivity index (χ1) is 16.7. The van der Waals surface area contributed by atoms with E-state index in [0.717, 1.165) is 17.1 Å². The third-order valence-electron chi connectivity index (χ3n) is 6.33. The first-order valence-corrected chi connectivity index (χ1v) is 11.6. The molecule has 34 heavy (non-hydrogen) atoms. The number of para-hydroxylation sites is 2. The predicted octanol–water partition coefficient (Wildman–Crippen LogP) is 5.91. The number of nitrogens with zero attached hydrogens (tertiary/aromatic N) is 3. The topological polar surface area (TPSA) is 53.3 Å². The molecular weight excluding hydrogens is 440 g/mol. The van der Waals surface area contributed by atoms with Crippen LogP contribution in [0.5, 0.6) is 5.75 Å². The molecule has 166 valence electrons. The molecule has 6 rings (SSSR count). The number of benzene rings is 3. The molecule has 5 nitrogen and oxygen atoms in total. The molecule has 1 aliphatic rings. The SMILES string of the molecule is Oc1ccccc1N1C(=S)N[C@H](c2ccccn2)[C@@H]1c1cccn1-c1ccc2ccccc2c1. The number of anilines is 1. The van der Waals surface area contributed by atoms with E-state index in [4.69, 9.17) is 12.2 Å². The third kappa shape index (κ3) is 3.40. The molecule has 0 saturated carbocycles. The van der Waals surface area contributed by atoms with Gasteiger partial charge in [-0.1, -0.05) is 48.5 Å². The van der Waals surface area contributed by atoms with Crippen molar-refractivity contribution in [3.05, 3.63) is 121 Å². The van der Waals surface area contributed by atoms with Gasteiger partial charge in [-0.25, -0.2) is 0 Å². The Balaban J connectivity index is 1.53. The molecule has 5 aromatic rings. The molecule has 0 spiro atoms. The lowest BCUT2D eigenvalue weighted by atomic mass is 10.0. The van der Waals surface area contributed by atoms with Crippen molar-refractivity contribution < 1.29 is 5.11 Å². The Morgan fingerprint density at radius 1 is 0.824 bits per heavy atom. The molecule has 2 N–H and O–H groups in total. The van der Waals surface area contributed by atoms with E-state index in [1.807, 2.05) is 47.4 Å². The van der Waals surface area contributed by atoms with E-state index >= 15 is 0 Å². The quantitative estimate of drug-likeness (QED) is 0.325. The Morgan fingerprint density at radius 3 is 2.44 bits per heavy atom. The number of nitrogens with one attached hydrogen (secondary N) is 1. The Bertz CT molecular complexity index is 1500. The van der Waals surface area contributed by atoms with Crippen LogP contribution in [0.1, 0.15) is 23.5 Å². The third-order valence-corrected chi connectivity index (χ3v) is 6.65. The average Bonchev–Trinajstić information content (AvgIpc) is 3.49. The van der Waals surface area contributed by atoms with Crippen LogP contribution in [0.4, 0.5) is 5.69 Å². The van der Waals surface area contributed by atoms with Crippen LogP contribution < -0.4 is 10.2 Å². The highest BCUT2D eigenvalue weighted by molar-refractivity contribution is 7.80. The largest absolute Gasteiger partial charge is 0.506 e. The van der Waals surface area contributed by atoms with E-state index in [1.165, 1.54) is 10.8 Å². The van der Waals surface area contributed by atoms with Crippen molar-refractivity contribution in [1.82, 2.24) is 14.9 Å². The van der Waals surface area contributed by atoms with Crippen LogP contribution in [0.2, 0.25) is 0 Å². The lowest BCUT2D eigenvalue weighted by Gasteiger charge is -2.29.